The monoisotopic (exact) mass is 373 g/mol. The molecule has 0 heterocycles. The molecule has 1 aromatic rings. The summed E-state index contributed by atoms with van der Waals surface area (Å²) in [5.74, 6) is 0.506. The van der Waals surface area contributed by atoms with Crippen molar-refractivity contribution in [1.82, 2.24) is 4.31 Å². The van der Waals surface area contributed by atoms with E-state index in [1.807, 2.05) is 6.07 Å². The van der Waals surface area contributed by atoms with Crippen LogP contribution in [0.15, 0.2) is 33.6 Å². The van der Waals surface area contributed by atoms with E-state index in [-0.39, 0.29) is 6.04 Å². The van der Waals surface area contributed by atoms with Crippen LogP contribution in [0.3, 0.4) is 0 Å². The lowest BCUT2D eigenvalue weighted by Gasteiger charge is -2.28. The van der Waals surface area contributed by atoms with E-state index < -0.39 is 10.0 Å². The largest absolute Gasteiger partial charge is 0.243 e. The van der Waals surface area contributed by atoms with E-state index in [0.29, 0.717) is 17.4 Å². The normalized spacial score (nSPS) is 17.0. The highest BCUT2D eigenvalue weighted by atomic mass is 79.9. The lowest BCUT2D eigenvalue weighted by Crippen LogP contribution is -2.39. The summed E-state index contributed by atoms with van der Waals surface area (Å²) < 4.78 is 28.5. The van der Waals surface area contributed by atoms with Crippen LogP contribution in [0.5, 0.6) is 0 Å². The standard InChI is InChI=1S/C16H24BrNO2S/c1-13(2)10-11-18(15-7-3-4-8-15)21(19,20)16-9-5-6-14(17)12-16/h5-6,9,12-13,15H,3-4,7-8,10-11H2,1-2H3. The first kappa shape index (κ1) is 17.0. The Bertz CT molecular complexity index is 565. The SMILES string of the molecule is CC(C)CCN(C1CCCC1)S(=O)(=O)c1cccc(Br)c1. The van der Waals surface area contributed by atoms with Crippen LogP contribution in [0.4, 0.5) is 0 Å². The van der Waals surface area contributed by atoms with E-state index in [4.69, 9.17) is 0 Å². The highest BCUT2D eigenvalue weighted by Crippen LogP contribution is 2.30. The third-order valence-electron chi connectivity index (χ3n) is 4.06. The lowest BCUT2D eigenvalue weighted by molar-refractivity contribution is 0.304. The fraction of sp³-hybridized carbons (Fsp3) is 0.625. The lowest BCUT2D eigenvalue weighted by atomic mass is 10.1. The molecule has 2 rings (SSSR count). The fourth-order valence-electron chi connectivity index (χ4n) is 2.84. The maximum absolute atomic E-state index is 13.0. The van der Waals surface area contributed by atoms with E-state index in [2.05, 4.69) is 29.8 Å². The van der Waals surface area contributed by atoms with Crippen molar-refractivity contribution in [3.63, 3.8) is 0 Å². The van der Waals surface area contributed by atoms with E-state index >= 15 is 0 Å². The minimum atomic E-state index is -3.40. The van der Waals surface area contributed by atoms with Crippen molar-refractivity contribution >= 4 is 26.0 Å². The summed E-state index contributed by atoms with van der Waals surface area (Å²) in [5.41, 5.74) is 0. The molecule has 0 unspecified atom stereocenters. The summed E-state index contributed by atoms with van der Waals surface area (Å²) in [6.07, 6.45) is 5.16. The third kappa shape index (κ3) is 4.30. The summed E-state index contributed by atoms with van der Waals surface area (Å²) in [6.45, 7) is 4.90. The summed E-state index contributed by atoms with van der Waals surface area (Å²) in [4.78, 5) is 0.396. The molecule has 0 atom stereocenters. The van der Waals surface area contributed by atoms with E-state index in [9.17, 15) is 8.42 Å². The molecule has 21 heavy (non-hydrogen) atoms. The Morgan fingerprint density at radius 1 is 1.29 bits per heavy atom. The van der Waals surface area contributed by atoms with Crippen LogP contribution in [-0.2, 0) is 10.0 Å². The van der Waals surface area contributed by atoms with Gasteiger partial charge in [-0.1, -0.05) is 48.7 Å². The molecular weight excluding hydrogens is 350 g/mol. The van der Waals surface area contributed by atoms with Crippen LogP contribution >= 0.6 is 15.9 Å². The minimum absolute atomic E-state index is 0.174. The van der Waals surface area contributed by atoms with Gasteiger partial charge in [-0.25, -0.2) is 8.42 Å². The molecule has 1 saturated carbocycles. The third-order valence-corrected chi connectivity index (χ3v) is 6.50. The zero-order chi connectivity index (χ0) is 15.5. The molecule has 1 aliphatic rings. The van der Waals surface area contributed by atoms with Gasteiger partial charge in [0.1, 0.15) is 0 Å². The van der Waals surface area contributed by atoms with Crippen molar-refractivity contribution in [1.29, 1.82) is 0 Å². The molecule has 0 aliphatic heterocycles. The molecule has 0 radical (unpaired) electrons. The van der Waals surface area contributed by atoms with Crippen LogP contribution in [0.25, 0.3) is 0 Å². The highest BCUT2D eigenvalue weighted by molar-refractivity contribution is 9.10. The van der Waals surface area contributed by atoms with Gasteiger partial charge in [0.2, 0.25) is 10.0 Å². The second-order valence-electron chi connectivity index (χ2n) is 6.19. The zero-order valence-corrected chi connectivity index (χ0v) is 15.2. The van der Waals surface area contributed by atoms with Crippen molar-refractivity contribution in [2.45, 2.75) is 56.9 Å². The molecule has 0 spiro atoms. The topological polar surface area (TPSA) is 37.4 Å². The average molecular weight is 374 g/mol. The number of hydrogen-bond donors (Lipinski definition) is 0. The zero-order valence-electron chi connectivity index (χ0n) is 12.8. The van der Waals surface area contributed by atoms with Gasteiger partial charge < -0.3 is 0 Å². The maximum Gasteiger partial charge on any atom is 0.243 e. The summed E-state index contributed by atoms with van der Waals surface area (Å²) in [5, 5.41) is 0. The van der Waals surface area contributed by atoms with Gasteiger partial charge in [0.25, 0.3) is 0 Å². The van der Waals surface area contributed by atoms with Crippen LogP contribution < -0.4 is 0 Å². The number of sulfonamides is 1. The van der Waals surface area contributed by atoms with Gasteiger partial charge >= 0.3 is 0 Å². The maximum atomic E-state index is 13.0. The van der Waals surface area contributed by atoms with Crippen LogP contribution in [0.2, 0.25) is 0 Å². The second-order valence-corrected chi connectivity index (χ2v) is 9.00. The van der Waals surface area contributed by atoms with Crippen molar-refractivity contribution in [2.75, 3.05) is 6.54 Å². The number of nitrogens with zero attached hydrogens (tertiary/aromatic N) is 1. The quantitative estimate of drug-likeness (QED) is 0.739. The molecular formula is C16H24BrNO2S. The Balaban J connectivity index is 2.29. The van der Waals surface area contributed by atoms with Gasteiger partial charge in [0.15, 0.2) is 0 Å². The van der Waals surface area contributed by atoms with E-state index in [0.717, 1.165) is 36.6 Å². The first-order valence-corrected chi connectivity index (χ1v) is 9.92. The smallest absolute Gasteiger partial charge is 0.207 e. The Hall–Kier alpha value is -0.390. The molecule has 0 bridgehead atoms. The molecule has 0 amide bonds. The number of benzene rings is 1. The van der Waals surface area contributed by atoms with Crippen molar-refractivity contribution in [3.8, 4) is 0 Å². The van der Waals surface area contributed by atoms with Gasteiger partial charge in [0.05, 0.1) is 4.90 Å². The van der Waals surface area contributed by atoms with E-state index in [1.165, 1.54) is 0 Å². The predicted molar refractivity (Wildman–Crippen MR) is 89.7 cm³/mol. The van der Waals surface area contributed by atoms with Gasteiger partial charge in [-0.2, -0.15) is 4.31 Å². The van der Waals surface area contributed by atoms with Gasteiger partial charge in [-0.05, 0) is 43.4 Å². The van der Waals surface area contributed by atoms with Gasteiger partial charge in [-0.15, -0.1) is 0 Å². The molecule has 0 N–H and O–H groups in total. The molecule has 5 heteroatoms. The van der Waals surface area contributed by atoms with Crippen LogP contribution in [0, 0.1) is 5.92 Å². The minimum Gasteiger partial charge on any atom is -0.207 e. The van der Waals surface area contributed by atoms with Gasteiger partial charge in [-0.3, -0.25) is 0 Å². The number of hydrogen-bond acceptors (Lipinski definition) is 2. The Morgan fingerprint density at radius 2 is 1.95 bits per heavy atom. The summed E-state index contributed by atoms with van der Waals surface area (Å²) in [7, 11) is -3.40. The average Bonchev–Trinajstić information content (AvgIpc) is 2.92. The molecule has 1 aliphatic carbocycles. The van der Waals surface area contributed by atoms with Crippen LogP contribution in [0.1, 0.15) is 46.0 Å². The molecule has 0 aromatic heterocycles. The Morgan fingerprint density at radius 3 is 2.52 bits per heavy atom. The molecule has 0 saturated heterocycles. The Kier molecular flexibility index (Phi) is 5.86. The number of halogens is 1. The second kappa shape index (κ2) is 7.25. The fourth-order valence-corrected chi connectivity index (χ4v) is 5.14. The van der Waals surface area contributed by atoms with E-state index in [1.54, 1.807) is 22.5 Å². The van der Waals surface area contributed by atoms with Crippen molar-refractivity contribution < 1.29 is 8.42 Å². The van der Waals surface area contributed by atoms with Crippen LogP contribution in [-0.4, -0.2) is 25.3 Å². The summed E-state index contributed by atoms with van der Waals surface area (Å²) in [6, 6.07) is 7.20. The Labute approximate surface area is 136 Å². The van der Waals surface area contributed by atoms with Crippen molar-refractivity contribution in [3.05, 3.63) is 28.7 Å². The first-order valence-electron chi connectivity index (χ1n) is 7.68. The van der Waals surface area contributed by atoms with Crippen molar-refractivity contribution in [2.24, 2.45) is 5.92 Å². The molecule has 118 valence electrons. The molecule has 3 nitrogen and oxygen atoms in total. The van der Waals surface area contributed by atoms with Gasteiger partial charge in [0, 0.05) is 17.1 Å². The first-order chi connectivity index (χ1) is 9.91. The molecule has 1 aromatic carbocycles. The highest BCUT2D eigenvalue weighted by Gasteiger charge is 2.33. The molecule has 1 fully saturated rings. The summed E-state index contributed by atoms with van der Waals surface area (Å²) >= 11 is 3.37. The predicted octanol–water partition coefficient (Wildman–Crippen LogP) is 4.43. The number of rotatable bonds is 6.